The quantitative estimate of drug-likeness (QED) is 0.709. The van der Waals surface area contributed by atoms with Gasteiger partial charge in [-0.05, 0) is 19.4 Å². The summed E-state index contributed by atoms with van der Waals surface area (Å²) in [7, 11) is 0. The maximum atomic E-state index is 10.8. The van der Waals surface area contributed by atoms with Crippen LogP contribution < -0.4 is 5.73 Å². The smallest absolute Gasteiger partial charge is 0.231 e. The lowest BCUT2D eigenvalue weighted by atomic mass is 10.0. The Morgan fingerprint density at radius 3 is 2.86 bits per heavy atom. The SMILES string of the molecule is CCN(CC(N)=O)C1CCCC1C#N. The molecular formula is C10H17N3O. The lowest BCUT2D eigenvalue weighted by molar-refractivity contribution is -0.119. The summed E-state index contributed by atoms with van der Waals surface area (Å²) in [5.41, 5.74) is 5.16. The summed E-state index contributed by atoms with van der Waals surface area (Å²) in [4.78, 5) is 12.8. The van der Waals surface area contributed by atoms with E-state index in [0.717, 1.165) is 25.8 Å². The van der Waals surface area contributed by atoms with E-state index in [2.05, 4.69) is 6.07 Å². The number of nitrogens with two attached hydrogens (primary N) is 1. The van der Waals surface area contributed by atoms with Crippen LogP contribution in [0, 0.1) is 17.2 Å². The van der Waals surface area contributed by atoms with Crippen LogP contribution in [0.4, 0.5) is 0 Å². The predicted octanol–water partition coefficient (Wildman–Crippen LogP) is 0.486. The van der Waals surface area contributed by atoms with E-state index in [-0.39, 0.29) is 24.4 Å². The Labute approximate surface area is 84.7 Å². The van der Waals surface area contributed by atoms with Gasteiger partial charge in [-0.25, -0.2) is 0 Å². The third-order valence-electron chi connectivity index (χ3n) is 2.88. The third-order valence-corrected chi connectivity index (χ3v) is 2.88. The molecule has 0 spiro atoms. The lowest BCUT2D eigenvalue weighted by Crippen LogP contribution is -2.42. The molecule has 2 N–H and O–H groups in total. The molecule has 1 fully saturated rings. The summed E-state index contributed by atoms with van der Waals surface area (Å²) in [6.07, 6.45) is 3.05. The molecule has 0 aromatic heterocycles. The number of rotatable bonds is 4. The number of likely N-dealkylation sites (N-methyl/N-ethyl adjacent to an activating group) is 1. The van der Waals surface area contributed by atoms with Crippen molar-refractivity contribution in [3.63, 3.8) is 0 Å². The fraction of sp³-hybridized carbons (Fsp3) is 0.800. The minimum absolute atomic E-state index is 0.0781. The van der Waals surface area contributed by atoms with Gasteiger partial charge in [0, 0.05) is 6.04 Å². The van der Waals surface area contributed by atoms with E-state index in [1.165, 1.54) is 0 Å². The van der Waals surface area contributed by atoms with E-state index < -0.39 is 0 Å². The Bertz CT molecular complexity index is 246. The molecule has 1 amide bonds. The molecule has 2 unspecified atom stereocenters. The molecule has 14 heavy (non-hydrogen) atoms. The second-order valence-electron chi connectivity index (χ2n) is 3.76. The second-order valence-corrected chi connectivity index (χ2v) is 3.76. The van der Waals surface area contributed by atoms with Crippen molar-refractivity contribution < 1.29 is 4.79 Å². The van der Waals surface area contributed by atoms with Gasteiger partial charge < -0.3 is 5.73 Å². The maximum absolute atomic E-state index is 10.8. The normalized spacial score (nSPS) is 26.4. The first-order chi connectivity index (χ1) is 6.69. The summed E-state index contributed by atoms with van der Waals surface area (Å²) >= 11 is 0. The van der Waals surface area contributed by atoms with Gasteiger partial charge in [0.1, 0.15) is 0 Å². The van der Waals surface area contributed by atoms with Crippen molar-refractivity contribution in [3.8, 4) is 6.07 Å². The summed E-state index contributed by atoms with van der Waals surface area (Å²) in [5, 5.41) is 8.92. The van der Waals surface area contributed by atoms with Crippen LogP contribution in [-0.2, 0) is 4.79 Å². The van der Waals surface area contributed by atoms with Crippen LogP contribution >= 0.6 is 0 Å². The fourth-order valence-corrected chi connectivity index (χ4v) is 2.19. The highest BCUT2D eigenvalue weighted by molar-refractivity contribution is 5.75. The van der Waals surface area contributed by atoms with Gasteiger partial charge in [0.05, 0.1) is 18.5 Å². The number of primary amides is 1. The first kappa shape index (κ1) is 11.0. The molecule has 0 radical (unpaired) electrons. The van der Waals surface area contributed by atoms with E-state index in [1.807, 2.05) is 11.8 Å². The van der Waals surface area contributed by atoms with E-state index >= 15 is 0 Å². The Morgan fingerprint density at radius 1 is 1.64 bits per heavy atom. The van der Waals surface area contributed by atoms with Crippen LogP contribution in [0.15, 0.2) is 0 Å². The van der Waals surface area contributed by atoms with E-state index in [1.54, 1.807) is 0 Å². The van der Waals surface area contributed by atoms with Crippen molar-refractivity contribution in [2.75, 3.05) is 13.1 Å². The van der Waals surface area contributed by atoms with Crippen molar-refractivity contribution >= 4 is 5.91 Å². The Balaban J connectivity index is 2.59. The zero-order valence-electron chi connectivity index (χ0n) is 8.57. The zero-order chi connectivity index (χ0) is 10.6. The van der Waals surface area contributed by atoms with Crippen LogP contribution in [0.25, 0.3) is 0 Å². The van der Waals surface area contributed by atoms with Gasteiger partial charge in [0.2, 0.25) is 5.91 Å². The highest BCUT2D eigenvalue weighted by Crippen LogP contribution is 2.29. The van der Waals surface area contributed by atoms with Crippen LogP contribution in [-0.4, -0.2) is 29.9 Å². The van der Waals surface area contributed by atoms with Gasteiger partial charge in [0.15, 0.2) is 0 Å². The molecular weight excluding hydrogens is 178 g/mol. The minimum atomic E-state index is -0.310. The third kappa shape index (κ3) is 2.46. The standard InChI is InChI=1S/C10H17N3O/c1-2-13(7-10(12)14)9-5-3-4-8(9)6-11/h8-9H,2-5,7H2,1H3,(H2,12,14). The van der Waals surface area contributed by atoms with Gasteiger partial charge in [-0.1, -0.05) is 13.3 Å². The number of carbonyl (C=O) groups is 1. The molecule has 0 bridgehead atoms. The molecule has 0 aliphatic heterocycles. The highest BCUT2D eigenvalue weighted by Gasteiger charge is 2.31. The largest absolute Gasteiger partial charge is 0.369 e. The second kappa shape index (κ2) is 4.97. The first-order valence-electron chi connectivity index (χ1n) is 5.11. The number of amides is 1. The number of nitriles is 1. The highest BCUT2D eigenvalue weighted by atomic mass is 16.1. The van der Waals surface area contributed by atoms with Gasteiger partial charge in [0.25, 0.3) is 0 Å². The number of hydrogen-bond acceptors (Lipinski definition) is 3. The molecule has 4 heteroatoms. The Kier molecular flexibility index (Phi) is 3.90. The van der Waals surface area contributed by atoms with Crippen LogP contribution in [0.3, 0.4) is 0 Å². The van der Waals surface area contributed by atoms with Crippen LogP contribution in [0.5, 0.6) is 0 Å². The summed E-state index contributed by atoms with van der Waals surface area (Å²) < 4.78 is 0. The molecule has 0 aromatic rings. The van der Waals surface area contributed by atoms with Crippen molar-refractivity contribution in [2.45, 2.75) is 32.2 Å². The van der Waals surface area contributed by atoms with E-state index in [0.29, 0.717) is 0 Å². The molecule has 1 rings (SSSR count). The topological polar surface area (TPSA) is 70.1 Å². The molecule has 0 heterocycles. The molecule has 2 atom stereocenters. The summed E-state index contributed by atoms with van der Waals surface area (Å²) in [5.74, 6) is -0.232. The van der Waals surface area contributed by atoms with E-state index in [4.69, 9.17) is 11.0 Å². The number of nitrogens with zero attached hydrogens (tertiary/aromatic N) is 2. The first-order valence-corrected chi connectivity index (χ1v) is 5.11. The number of carbonyl (C=O) groups excluding carboxylic acids is 1. The number of hydrogen-bond donors (Lipinski definition) is 1. The molecule has 78 valence electrons. The lowest BCUT2D eigenvalue weighted by Gasteiger charge is -2.28. The molecule has 4 nitrogen and oxygen atoms in total. The van der Waals surface area contributed by atoms with Gasteiger partial charge in [-0.15, -0.1) is 0 Å². The van der Waals surface area contributed by atoms with Gasteiger partial charge in [-0.2, -0.15) is 5.26 Å². The fourth-order valence-electron chi connectivity index (χ4n) is 2.19. The molecule has 1 aliphatic rings. The molecule has 0 aromatic carbocycles. The Hall–Kier alpha value is -1.08. The molecule has 0 saturated heterocycles. The van der Waals surface area contributed by atoms with Crippen molar-refractivity contribution in [3.05, 3.63) is 0 Å². The van der Waals surface area contributed by atoms with Gasteiger partial charge in [-0.3, -0.25) is 9.69 Å². The van der Waals surface area contributed by atoms with E-state index in [9.17, 15) is 4.79 Å². The maximum Gasteiger partial charge on any atom is 0.231 e. The minimum Gasteiger partial charge on any atom is -0.369 e. The predicted molar refractivity (Wildman–Crippen MR) is 53.2 cm³/mol. The Morgan fingerprint density at radius 2 is 2.36 bits per heavy atom. The van der Waals surface area contributed by atoms with Crippen molar-refractivity contribution in [2.24, 2.45) is 11.7 Å². The average Bonchev–Trinajstić information content (AvgIpc) is 2.61. The monoisotopic (exact) mass is 195 g/mol. The molecule has 1 aliphatic carbocycles. The summed E-state index contributed by atoms with van der Waals surface area (Å²) in [6.45, 7) is 3.06. The van der Waals surface area contributed by atoms with Crippen LogP contribution in [0.2, 0.25) is 0 Å². The summed E-state index contributed by atoms with van der Waals surface area (Å²) in [6, 6.07) is 2.54. The van der Waals surface area contributed by atoms with Crippen LogP contribution in [0.1, 0.15) is 26.2 Å². The van der Waals surface area contributed by atoms with Crippen molar-refractivity contribution in [1.29, 1.82) is 5.26 Å². The molecule has 1 saturated carbocycles. The zero-order valence-corrected chi connectivity index (χ0v) is 8.57. The van der Waals surface area contributed by atoms with Crippen molar-refractivity contribution in [1.82, 2.24) is 4.90 Å². The average molecular weight is 195 g/mol. The van der Waals surface area contributed by atoms with Gasteiger partial charge >= 0.3 is 0 Å².